The Morgan fingerprint density at radius 1 is 0.960 bits per heavy atom. The van der Waals surface area contributed by atoms with Crippen LogP contribution in [-0.2, 0) is 6.42 Å². The lowest BCUT2D eigenvalue weighted by atomic mass is 10.1. The van der Waals surface area contributed by atoms with Crippen molar-refractivity contribution in [2.24, 2.45) is 0 Å². The fourth-order valence-electron chi connectivity index (χ4n) is 2.58. The lowest BCUT2D eigenvalue weighted by Gasteiger charge is -2.08. The lowest BCUT2D eigenvalue weighted by molar-refractivity contribution is 0.340. The van der Waals surface area contributed by atoms with Gasteiger partial charge in [-0.25, -0.2) is 4.98 Å². The van der Waals surface area contributed by atoms with Crippen LogP contribution < -0.4 is 14.2 Å². The molecule has 5 heteroatoms. The molecular weight excluding hydrogens is 334 g/mol. The molecule has 0 radical (unpaired) electrons. The Morgan fingerprint density at radius 3 is 2.40 bits per heavy atom. The summed E-state index contributed by atoms with van der Waals surface area (Å²) < 4.78 is 16.1. The highest BCUT2D eigenvalue weighted by Crippen LogP contribution is 2.30. The fourth-order valence-corrected chi connectivity index (χ4v) is 3.42. The molecular formula is C20H21NO3S. The monoisotopic (exact) mass is 355 g/mol. The molecule has 25 heavy (non-hydrogen) atoms. The summed E-state index contributed by atoms with van der Waals surface area (Å²) in [5.41, 5.74) is 3.23. The lowest BCUT2D eigenvalue weighted by Crippen LogP contribution is -1.93. The Labute approximate surface area is 152 Å². The molecule has 3 rings (SSSR count). The van der Waals surface area contributed by atoms with E-state index in [-0.39, 0.29) is 0 Å². The maximum absolute atomic E-state index is 5.48. The van der Waals surface area contributed by atoms with E-state index in [1.54, 1.807) is 25.6 Å². The molecule has 0 N–H and O–H groups in total. The normalized spacial score (nSPS) is 10.5. The summed E-state index contributed by atoms with van der Waals surface area (Å²) in [6.07, 6.45) is 0.766. The summed E-state index contributed by atoms with van der Waals surface area (Å²) >= 11 is 1.66. The highest BCUT2D eigenvalue weighted by molar-refractivity contribution is 7.10. The van der Waals surface area contributed by atoms with Gasteiger partial charge in [-0.2, -0.15) is 0 Å². The van der Waals surface area contributed by atoms with E-state index in [9.17, 15) is 0 Å². The molecule has 0 aliphatic carbocycles. The zero-order chi connectivity index (χ0) is 17.6. The van der Waals surface area contributed by atoms with Gasteiger partial charge in [0.25, 0.3) is 0 Å². The first-order valence-electron chi connectivity index (χ1n) is 8.12. The van der Waals surface area contributed by atoms with Crippen LogP contribution in [0.5, 0.6) is 17.2 Å². The fraction of sp³-hybridized carbons (Fsp3) is 0.250. The van der Waals surface area contributed by atoms with E-state index in [2.05, 4.69) is 5.38 Å². The quantitative estimate of drug-likeness (QED) is 0.609. The maximum Gasteiger partial charge on any atom is 0.160 e. The molecule has 130 valence electrons. The van der Waals surface area contributed by atoms with Crippen LogP contribution in [0.2, 0.25) is 0 Å². The van der Waals surface area contributed by atoms with Crippen LogP contribution in [0.25, 0.3) is 11.3 Å². The summed E-state index contributed by atoms with van der Waals surface area (Å²) in [5.74, 6) is 2.36. The van der Waals surface area contributed by atoms with Crippen molar-refractivity contribution >= 4 is 11.3 Å². The van der Waals surface area contributed by atoms with E-state index in [1.165, 1.54) is 0 Å². The van der Waals surface area contributed by atoms with Gasteiger partial charge in [0.05, 0.1) is 31.5 Å². The van der Waals surface area contributed by atoms with E-state index in [0.717, 1.165) is 45.5 Å². The van der Waals surface area contributed by atoms with Gasteiger partial charge in [-0.3, -0.25) is 0 Å². The number of ether oxygens (including phenoxy) is 3. The minimum absolute atomic E-state index is 0.672. The molecule has 1 heterocycles. The molecule has 0 unspecified atom stereocenters. The van der Waals surface area contributed by atoms with Crippen molar-refractivity contribution in [2.45, 2.75) is 13.3 Å². The van der Waals surface area contributed by atoms with E-state index in [0.29, 0.717) is 6.61 Å². The minimum atomic E-state index is 0.672. The molecule has 0 bridgehead atoms. The van der Waals surface area contributed by atoms with Crippen LogP contribution >= 0.6 is 11.3 Å². The second-order valence-corrected chi connectivity index (χ2v) is 6.39. The smallest absolute Gasteiger partial charge is 0.160 e. The highest BCUT2D eigenvalue weighted by Gasteiger charge is 2.09. The molecule has 3 aromatic rings. The number of rotatable bonds is 7. The average molecular weight is 355 g/mol. The van der Waals surface area contributed by atoms with Crippen LogP contribution in [0.3, 0.4) is 0 Å². The van der Waals surface area contributed by atoms with Gasteiger partial charge in [0.2, 0.25) is 0 Å². The van der Waals surface area contributed by atoms with Crippen molar-refractivity contribution in [3.8, 4) is 28.5 Å². The highest BCUT2D eigenvalue weighted by atomic mass is 32.1. The van der Waals surface area contributed by atoms with Crippen molar-refractivity contribution in [3.05, 3.63) is 58.4 Å². The van der Waals surface area contributed by atoms with E-state index >= 15 is 0 Å². The number of thiazole rings is 1. The molecule has 0 aliphatic rings. The van der Waals surface area contributed by atoms with E-state index in [1.807, 2.05) is 49.4 Å². The Bertz CT molecular complexity index is 827. The van der Waals surface area contributed by atoms with Gasteiger partial charge >= 0.3 is 0 Å². The van der Waals surface area contributed by atoms with Crippen molar-refractivity contribution in [1.82, 2.24) is 4.98 Å². The first-order valence-corrected chi connectivity index (χ1v) is 9.00. The standard InChI is InChI=1S/C20H21NO3S/c1-4-24-16-8-6-15(7-9-16)17-13-25-20(21-17)12-14-5-10-18(22-2)19(11-14)23-3/h5-11,13H,4,12H2,1-3H3. The van der Waals surface area contributed by atoms with Crippen molar-refractivity contribution in [2.75, 3.05) is 20.8 Å². The number of hydrogen-bond donors (Lipinski definition) is 0. The second-order valence-electron chi connectivity index (χ2n) is 5.45. The Morgan fingerprint density at radius 2 is 1.72 bits per heavy atom. The Balaban J connectivity index is 1.75. The molecule has 2 aromatic carbocycles. The summed E-state index contributed by atoms with van der Waals surface area (Å²) in [6.45, 7) is 2.65. The SMILES string of the molecule is CCOc1ccc(-c2csc(Cc3ccc(OC)c(OC)c3)n2)cc1. The molecule has 0 atom stereocenters. The van der Waals surface area contributed by atoms with Crippen LogP contribution in [0.15, 0.2) is 47.8 Å². The molecule has 0 saturated carbocycles. The Kier molecular flexibility index (Phi) is 5.56. The first-order chi connectivity index (χ1) is 12.2. The average Bonchev–Trinajstić information content (AvgIpc) is 3.11. The number of aromatic nitrogens is 1. The number of benzene rings is 2. The minimum Gasteiger partial charge on any atom is -0.494 e. The molecule has 0 amide bonds. The topological polar surface area (TPSA) is 40.6 Å². The summed E-state index contributed by atoms with van der Waals surface area (Å²) in [7, 11) is 3.29. The van der Waals surface area contributed by atoms with Gasteiger partial charge in [0, 0.05) is 17.4 Å². The van der Waals surface area contributed by atoms with Gasteiger partial charge < -0.3 is 14.2 Å². The van der Waals surface area contributed by atoms with Crippen molar-refractivity contribution < 1.29 is 14.2 Å². The van der Waals surface area contributed by atoms with Crippen LogP contribution in [0, 0.1) is 0 Å². The first kappa shape index (κ1) is 17.3. The maximum atomic E-state index is 5.48. The van der Waals surface area contributed by atoms with Gasteiger partial charge in [0.15, 0.2) is 11.5 Å². The molecule has 4 nitrogen and oxygen atoms in total. The summed E-state index contributed by atoms with van der Waals surface area (Å²) in [6, 6.07) is 14.0. The van der Waals surface area contributed by atoms with Gasteiger partial charge in [-0.15, -0.1) is 11.3 Å². The molecule has 0 spiro atoms. The zero-order valence-corrected chi connectivity index (χ0v) is 15.4. The van der Waals surface area contributed by atoms with Crippen LogP contribution in [0.4, 0.5) is 0 Å². The zero-order valence-electron chi connectivity index (χ0n) is 14.6. The van der Waals surface area contributed by atoms with Crippen LogP contribution in [-0.4, -0.2) is 25.8 Å². The number of hydrogen-bond acceptors (Lipinski definition) is 5. The van der Waals surface area contributed by atoms with Gasteiger partial charge in [-0.05, 0) is 48.9 Å². The van der Waals surface area contributed by atoms with Crippen LogP contribution in [0.1, 0.15) is 17.5 Å². The van der Waals surface area contributed by atoms with Gasteiger partial charge in [0.1, 0.15) is 5.75 Å². The van der Waals surface area contributed by atoms with E-state index in [4.69, 9.17) is 19.2 Å². The Hall–Kier alpha value is -2.53. The third-order valence-electron chi connectivity index (χ3n) is 3.82. The molecule has 0 saturated heterocycles. The number of nitrogens with zero attached hydrogens (tertiary/aromatic N) is 1. The third kappa shape index (κ3) is 4.12. The van der Waals surface area contributed by atoms with Crippen molar-refractivity contribution in [1.29, 1.82) is 0 Å². The van der Waals surface area contributed by atoms with Gasteiger partial charge in [-0.1, -0.05) is 6.07 Å². The molecule has 0 fully saturated rings. The largest absolute Gasteiger partial charge is 0.494 e. The summed E-state index contributed by atoms with van der Waals surface area (Å²) in [5, 5.41) is 3.15. The van der Waals surface area contributed by atoms with Crippen molar-refractivity contribution in [3.63, 3.8) is 0 Å². The third-order valence-corrected chi connectivity index (χ3v) is 4.66. The number of methoxy groups -OCH3 is 2. The van der Waals surface area contributed by atoms with E-state index < -0.39 is 0 Å². The second kappa shape index (κ2) is 8.03. The predicted octanol–water partition coefficient (Wildman–Crippen LogP) is 4.82. The molecule has 0 aliphatic heterocycles. The molecule has 1 aromatic heterocycles. The predicted molar refractivity (Wildman–Crippen MR) is 101 cm³/mol. The summed E-state index contributed by atoms with van der Waals surface area (Å²) in [4.78, 5) is 4.76.